The first-order valence-corrected chi connectivity index (χ1v) is 7.20. The van der Waals surface area contributed by atoms with E-state index in [2.05, 4.69) is 22.8 Å². The summed E-state index contributed by atoms with van der Waals surface area (Å²) >= 11 is 0. The minimum Gasteiger partial charge on any atom is -0.354 e. The Morgan fingerprint density at radius 3 is 2.05 bits per heavy atom. The van der Waals surface area contributed by atoms with E-state index in [0.29, 0.717) is 25.9 Å². The third kappa shape index (κ3) is 6.92. The summed E-state index contributed by atoms with van der Waals surface area (Å²) < 4.78 is 0. The first-order valence-electron chi connectivity index (χ1n) is 7.20. The van der Waals surface area contributed by atoms with Crippen molar-refractivity contribution in [3.05, 3.63) is 35.4 Å². The van der Waals surface area contributed by atoms with Crippen molar-refractivity contribution in [3.63, 3.8) is 0 Å². The normalized spacial score (nSPS) is 10.1. The summed E-state index contributed by atoms with van der Waals surface area (Å²) in [5.74, 6) is 0.0664. The van der Waals surface area contributed by atoms with Gasteiger partial charge in [-0.15, -0.1) is 0 Å². The molecule has 0 heterocycles. The van der Waals surface area contributed by atoms with E-state index in [4.69, 9.17) is 0 Å². The third-order valence-corrected chi connectivity index (χ3v) is 3.01. The average molecular weight is 276 g/mol. The monoisotopic (exact) mass is 276 g/mol. The van der Waals surface area contributed by atoms with Gasteiger partial charge in [0.1, 0.15) is 0 Å². The minimum absolute atomic E-state index is 0.0234. The topological polar surface area (TPSA) is 58.2 Å². The van der Waals surface area contributed by atoms with Gasteiger partial charge in [-0.2, -0.15) is 0 Å². The van der Waals surface area contributed by atoms with E-state index in [9.17, 15) is 9.59 Å². The van der Waals surface area contributed by atoms with E-state index in [1.807, 2.05) is 26.0 Å². The average Bonchev–Trinajstić information content (AvgIpc) is 2.43. The van der Waals surface area contributed by atoms with Crippen LogP contribution in [0.4, 0.5) is 0 Å². The minimum atomic E-state index is 0.0234. The summed E-state index contributed by atoms with van der Waals surface area (Å²) in [4.78, 5) is 22.8. The number of benzene rings is 1. The molecule has 0 unspecified atom stereocenters. The van der Waals surface area contributed by atoms with Crippen molar-refractivity contribution >= 4 is 11.8 Å². The molecule has 0 aliphatic rings. The zero-order chi connectivity index (χ0) is 14.8. The van der Waals surface area contributed by atoms with Crippen LogP contribution in [0.25, 0.3) is 0 Å². The van der Waals surface area contributed by atoms with E-state index in [1.54, 1.807) is 0 Å². The van der Waals surface area contributed by atoms with Gasteiger partial charge in [0, 0.05) is 25.9 Å². The maximum Gasteiger partial charge on any atom is 0.220 e. The smallest absolute Gasteiger partial charge is 0.220 e. The zero-order valence-corrected chi connectivity index (χ0v) is 12.4. The second kappa shape index (κ2) is 9.13. The van der Waals surface area contributed by atoms with E-state index in [0.717, 1.165) is 12.8 Å². The molecule has 110 valence electrons. The molecule has 0 saturated heterocycles. The quantitative estimate of drug-likeness (QED) is 0.713. The van der Waals surface area contributed by atoms with Crippen LogP contribution >= 0.6 is 0 Å². The van der Waals surface area contributed by atoms with Gasteiger partial charge in [0.2, 0.25) is 11.8 Å². The second-order valence-corrected chi connectivity index (χ2v) is 4.94. The van der Waals surface area contributed by atoms with Crippen molar-refractivity contribution in [3.8, 4) is 0 Å². The number of rotatable bonds is 8. The fourth-order valence-electron chi connectivity index (χ4n) is 1.82. The fourth-order valence-corrected chi connectivity index (χ4v) is 1.82. The predicted octanol–water partition coefficient (Wildman–Crippen LogP) is 1.96. The summed E-state index contributed by atoms with van der Waals surface area (Å²) in [5, 5.41) is 5.57. The SMILES string of the molecule is CCCC(=O)NCCNC(=O)CCc1ccc(C)cc1. The van der Waals surface area contributed by atoms with E-state index in [1.165, 1.54) is 11.1 Å². The number of carbonyl (C=O) groups excluding carboxylic acids is 2. The van der Waals surface area contributed by atoms with Gasteiger partial charge in [0.25, 0.3) is 0 Å². The van der Waals surface area contributed by atoms with Gasteiger partial charge in [-0.3, -0.25) is 9.59 Å². The predicted molar refractivity (Wildman–Crippen MR) is 80.4 cm³/mol. The Morgan fingerprint density at radius 1 is 0.950 bits per heavy atom. The molecule has 0 bridgehead atoms. The molecule has 1 rings (SSSR count). The molecule has 0 spiro atoms. The Bertz CT molecular complexity index is 427. The van der Waals surface area contributed by atoms with E-state index >= 15 is 0 Å². The highest BCUT2D eigenvalue weighted by Gasteiger charge is 2.02. The van der Waals surface area contributed by atoms with Crippen molar-refractivity contribution in [1.29, 1.82) is 0 Å². The van der Waals surface area contributed by atoms with Crippen LogP contribution in [0, 0.1) is 6.92 Å². The molecule has 0 fully saturated rings. The molecule has 4 heteroatoms. The van der Waals surface area contributed by atoms with Crippen molar-refractivity contribution in [2.45, 2.75) is 39.5 Å². The van der Waals surface area contributed by atoms with Gasteiger partial charge in [0.05, 0.1) is 0 Å². The Morgan fingerprint density at radius 2 is 1.50 bits per heavy atom. The molecule has 0 radical (unpaired) electrons. The highest BCUT2D eigenvalue weighted by molar-refractivity contribution is 5.77. The molecule has 0 saturated carbocycles. The Hall–Kier alpha value is -1.84. The number of aryl methyl sites for hydroxylation is 2. The van der Waals surface area contributed by atoms with Crippen molar-refractivity contribution in [2.24, 2.45) is 0 Å². The molecule has 2 N–H and O–H groups in total. The van der Waals surface area contributed by atoms with Gasteiger partial charge in [0.15, 0.2) is 0 Å². The van der Waals surface area contributed by atoms with Crippen LogP contribution in [0.2, 0.25) is 0 Å². The standard InChI is InChI=1S/C16H24N2O2/c1-3-4-15(19)17-11-12-18-16(20)10-9-14-7-5-13(2)6-8-14/h5-8H,3-4,9-12H2,1-2H3,(H,17,19)(H,18,20). The molecule has 0 aliphatic heterocycles. The molecular weight excluding hydrogens is 252 g/mol. The molecule has 0 atom stereocenters. The number of hydrogen-bond acceptors (Lipinski definition) is 2. The first-order chi connectivity index (χ1) is 9.61. The highest BCUT2D eigenvalue weighted by atomic mass is 16.2. The van der Waals surface area contributed by atoms with Crippen LogP contribution in [-0.4, -0.2) is 24.9 Å². The van der Waals surface area contributed by atoms with Gasteiger partial charge < -0.3 is 10.6 Å². The highest BCUT2D eigenvalue weighted by Crippen LogP contribution is 2.05. The lowest BCUT2D eigenvalue weighted by Gasteiger charge is -2.07. The summed E-state index contributed by atoms with van der Waals surface area (Å²) in [6, 6.07) is 8.20. The van der Waals surface area contributed by atoms with Crippen molar-refractivity contribution < 1.29 is 9.59 Å². The maximum atomic E-state index is 11.6. The summed E-state index contributed by atoms with van der Waals surface area (Å²) in [5.41, 5.74) is 2.39. The lowest BCUT2D eigenvalue weighted by molar-refractivity contribution is -0.122. The van der Waals surface area contributed by atoms with Crippen LogP contribution < -0.4 is 10.6 Å². The van der Waals surface area contributed by atoms with Gasteiger partial charge >= 0.3 is 0 Å². The Kier molecular flexibility index (Phi) is 7.40. The molecule has 20 heavy (non-hydrogen) atoms. The molecular formula is C16H24N2O2. The van der Waals surface area contributed by atoms with Crippen LogP contribution in [0.5, 0.6) is 0 Å². The number of hydrogen-bond donors (Lipinski definition) is 2. The molecule has 1 aromatic rings. The summed E-state index contributed by atoms with van der Waals surface area (Å²) in [7, 11) is 0. The summed E-state index contributed by atoms with van der Waals surface area (Å²) in [6.07, 6.45) is 2.61. The molecule has 1 aromatic carbocycles. The zero-order valence-electron chi connectivity index (χ0n) is 12.4. The maximum absolute atomic E-state index is 11.6. The largest absolute Gasteiger partial charge is 0.354 e. The Balaban J connectivity index is 2.11. The third-order valence-electron chi connectivity index (χ3n) is 3.01. The van der Waals surface area contributed by atoms with Gasteiger partial charge in [-0.25, -0.2) is 0 Å². The Labute approximate surface area is 121 Å². The van der Waals surface area contributed by atoms with Crippen LogP contribution in [0.15, 0.2) is 24.3 Å². The molecule has 4 nitrogen and oxygen atoms in total. The first kappa shape index (κ1) is 16.2. The molecule has 0 aliphatic carbocycles. The lowest BCUT2D eigenvalue weighted by Crippen LogP contribution is -2.34. The fraction of sp³-hybridized carbons (Fsp3) is 0.500. The summed E-state index contributed by atoms with van der Waals surface area (Å²) in [6.45, 7) is 4.99. The van der Waals surface area contributed by atoms with Crippen molar-refractivity contribution in [2.75, 3.05) is 13.1 Å². The van der Waals surface area contributed by atoms with Crippen molar-refractivity contribution in [1.82, 2.24) is 10.6 Å². The van der Waals surface area contributed by atoms with Crippen LogP contribution in [0.3, 0.4) is 0 Å². The van der Waals surface area contributed by atoms with E-state index in [-0.39, 0.29) is 11.8 Å². The lowest BCUT2D eigenvalue weighted by atomic mass is 10.1. The number of carbonyl (C=O) groups is 2. The molecule has 0 aromatic heterocycles. The number of amides is 2. The van der Waals surface area contributed by atoms with Crippen LogP contribution in [0.1, 0.15) is 37.3 Å². The van der Waals surface area contributed by atoms with E-state index < -0.39 is 0 Å². The number of nitrogens with one attached hydrogen (secondary N) is 2. The van der Waals surface area contributed by atoms with Gasteiger partial charge in [-0.05, 0) is 25.3 Å². The van der Waals surface area contributed by atoms with Crippen LogP contribution in [-0.2, 0) is 16.0 Å². The molecule has 2 amide bonds. The van der Waals surface area contributed by atoms with Gasteiger partial charge in [-0.1, -0.05) is 36.8 Å². The second-order valence-electron chi connectivity index (χ2n) is 4.94.